The molecule has 6 heteroatoms. The molecule has 0 spiro atoms. The number of anilines is 2. The number of hydrogen-bond donors (Lipinski definition) is 2. The summed E-state index contributed by atoms with van der Waals surface area (Å²) in [7, 11) is 1.58. The summed E-state index contributed by atoms with van der Waals surface area (Å²) >= 11 is 0. The van der Waals surface area contributed by atoms with E-state index in [1.165, 1.54) is 0 Å². The largest absolute Gasteiger partial charge is 0.497 e. The fraction of sp³-hybridized carbons (Fsp3) is 0.150. The van der Waals surface area contributed by atoms with Crippen molar-refractivity contribution in [1.29, 1.82) is 0 Å². The van der Waals surface area contributed by atoms with Crippen molar-refractivity contribution in [2.24, 2.45) is 0 Å². The molecule has 0 aliphatic rings. The number of hydrogen-bond acceptors (Lipinski definition) is 5. The number of aromatic nitrogens is 2. The summed E-state index contributed by atoms with van der Waals surface area (Å²) in [5, 5.41) is 14.1. The van der Waals surface area contributed by atoms with E-state index >= 15 is 0 Å². The molecule has 3 aromatic rings. The van der Waals surface area contributed by atoms with E-state index in [0.717, 1.165) is 5.56 Å². The summed E-state index contributed by atoms with van der Waals surface area (Å²) in [5.41, 5.74) is 2.02. The molecule has 26 heavy (non-hydrogen) atoms. The van der Waals surface area contributed by atoms with Crippen molar-refractivity contribution in [2.75, 3.05) is 17.7 Å². The predicted octanol–water partition coefficient (Wildman–Crippen LogP) is 3.91. The fourth-order valence-corrected chi connectivity index (χ4v) is 2.47. The van der Waals surface area contributed by atoms with E-state index in [2.05, 4.69) is 20.8 Å². The Morgan fingerprint density at radius 1 is 1.00 bits per heavy atom. The van der Waals surface area contributed by atoms with E-state index in [-0.39, 0.29) is 17.6 Å². The van der Waals surface area contributed by atoms with Crippen LogP contribution in [0.2, 0.25) is 0 Å². The summed E-state index contributed by atoms with van der Waals surface area (Å²) in [4.78, 5) is 12.3. The second kappa shape index (κ2) is 8.11. The van der Waals surface area contributed by atoms with Crippen molar-refractivity contribution >= 4 is 17.4 Å². The first kappa shape index (κ1) is 17.4. The van der Waals surface area contributed by atoms with E-state index in [1.54, 1.807) is 37.4 Å². The topological polar surface area (TPSA) is 76.1 Å². The quantitative estimate of drug-likeness (QED) is 0.706. The minimum atomic E-state index is -0.326. The highest BCUT2D eigenvalue weighted by Crippen LogP contribution is 2.18. The molecular formula is C20H20N4O2. The fourth-order valence-electron chi connectivity index (χ4n) is 2.47. The van der Waals surface area contributed by atoms with Crippen molar-refractivity contribution in [3.05, 3.63) is 78.0 Å². The normalized spacial score (nSPS) is 11.5. The zero-order valence-corrected chi connectivity index (χ0v) is 14.6. The highest BCUT2D eigenvalue weighted by Gasteiger charge is 2.11. The number of rotatable bonds is 6. The lowest BCUT2D eigenvalue weighted by Crippen LogP contribution is -2.15. The molecule has 0 bridgehead atoms. The van der Waals surface area contributed by atoms with E-state index in [1.807, 2.05) is 43.3 Å². The Labute approximate surface area is 152 Å². The van der Waals surface area contributed by atoms with E-state index < -0.39 is 0 Å². The van der Waals surface area contributed by atoms with Crippen molar-refractivity contribution in [2.45, 2.75) is 13.0 Å². The molecule has 6 nitrogen and oxygen atoms in total. The van der Waals surface area contributed by atoms with Crippen LogP contribution in [-0.2, 0) is 0 Å². The van der Waals surface area contributed by atoms with Crippen LogP contribution in [-0.4, -0.2) is 23.2 Å². The first-order valence-corrected chi connectivity index (χ1v) is 8.26. The Bertz CT molecular complexity index is 866. The lowest BCUT2D eigenvalue weighted by Gasteiger charge is -2.14. The number of nitrogens with one attached hydrogen (secondary N) is 2. The van der Waals surface area contributed by atoms with Crippen molar-refractivity contribution < 1.29 is 9.53 Å². The van der Waals surface area contributed by atoms with Gasteiger partial charge in [-0.3, -0.25) is 4.79 Å². The maximum Gasteiger partial charge on any atom is 0.276 e. The van der Waals surface area contributed by atoms with Crippen LogP contribution in [0.4, 0.5) is 11.5 Å². The number of ether oxygens (including phenoxy) is 1. The molecule has 1 unspecified atom stereocenters. The Morgan fingerprint density at radius 3 is 2.50 bits per heavy atom. The first-order chi connectivity index (χ1) is 12.7. The Balaban J connectivity index is 1.64. The third kappa shape index (κ3) is 4.36. The molecule has 1 amide bonds. The molecule has 0 saturated carbocycles. The van der Waals surface area contributed by atoms with Gasteiger partial charge in [-0.25, -0.2) is 0 Å². The number of amides is 1. The Hall–Kier alpha value is -3.41. The Kier molecular flexibility index (Phi) is 5.43. The zero-order valence-electron chi connectivity index (χ0n) is 14.6. The smallest absolute Gasteiger partial charge is 0.276 e. The lowest BCUT2D eigenvalue weighted by molar-refractivity contribution is 0.102. The first-order valence-electron chi connectivity index (χ1n) is 8.26. The third-order valence-corrected chi connectivity index (χ3v) is 3.89. The van der Waals surface area contributed by atoms with Gasteiger partial charge in [0.15, 0.2) is 5.69 Å². The SMILES string of the molecule is COc1cccc(NC(=O)c2ccc(NC(C)c3ccccc3)nn2)c1. The second-order valence-corrected chi connectivity index (χ2v) is 5.77. The molecule has 0 aliphatic heterocycles. The van der Waals surface area contributed by atoms with Crippen LogP contribution in [0.1, 0.15) is 29.0 Å². The van der Waals surface area contributed by atoms with Gasteiger partial charge in [0.25, 0.3) is 5.91 Å². The van der Waals surface area contributed by atoms with Crippen LogP contribution < -0.4 is 15.4 Å². The van der Waals surface area contributed by atoms with Crippen LogP contribution in [0.25, 0.3) is 0 Å². The highest BCUT2D eigenvalue weighted by atomic mass is 16.5. The van der Waals surface area contributed by atoms with Crippen molar-refractivity contribution in [3.8, 4) is 5.75 Å². The molecule has 0 radical (unpaired) electrons. The van der Waals surface area contributed by atoms with Gasteiger partial charge < -0.3 is 15.4 Å². The Morgan fingerprint density at radius 2 is 1.81 bits per heavy atom. The van der Waals surface area contributed by atoms with Gasteiger partial charge in [0, 0.05) is 17.8 Å². The summed E-state index contributed by atoms with van der Waals surface area (Å²) in [6, 6.07) is 20.7. The number of benzene rings is 2. The van der Waals surface area contributed by atoms with Crippen LogP contribution in [0, 0.1) is 0 Å². The summed E-state index contributed by atoms with van der Waals surface area (Å²) in [6.45, 7) is 2.04. The van der Waals surface area contributed by atoms with E-state index in [4.69, 9.17) is 4.74 Å². The number of methoxy groups -OCH3 is 1. The second-order valence-electron chi connectivity index (χ2n) is 5.77. The minimum absolute atomic E-state index is 0.0851. The average molecular weight is 348 g/mol. The molecule has 1 atom stereocenters. The number of carbonyl (C=O) groups is 1. The summed E-state index contributed by atoms with van der Waals surface area (Å²) < 4.78 is 5.14. The molecule has 0 saturated heterocycles. The van der Waals surface area contributed by atoms with Gasteiger partial charge in [-0.15, -0.1) is 10.2 Å². The maximum atomic E-state index is 12.3. The van der Waals surface area contributed by atoms with Gasteiger partial charge in [-0.2, -0.15) is 0 Å². The molecule has 132 valence electrons. The third-order valence-electron chi connectivity index (χ3n) is 3.89. The van der Waals surface area contributed by atoms with Gasteiger partial charge in [-0.1, -0.05) is 36.4 Å². The average Bonchev–Trinajstić information content (AvgIpc) is 2.69. The molecule has 0 aliphatic carbocycles. The standard InChI is InChI=1S/C20H20N4O2/c1-14(15-7-4-3-5-8-15)21-19-12-11-18(23-24-19)20(25)22-16-9-6-10-17(13-16)26-2/h3-14H,1-2H3,(H,21,24)(H,22,25). The van der Waals surface area contributed by atoms with Crippen LogP contribution in [0.15, 0.2) is 66.7 Å². The zero-order chi connectivity index (χ0) is 18.4. The molecule has 3 rings (SSSR count). The molecule has 1 heterocycles. The van der Waals surface area contributed by atoms with Crippen molar-refractivity contribution in [3.63, 3.8) is 0 Å². The van der Waals surface area contributed by atoms with Gasteiger partial charge in [0.2, 0.25) is 0 Å². The highest BCUT2D eigenvalue weighted by molar-refractivity contribution is 6.02. The lowest BCUT2D eigenvalue weighted by atomic mass is 10.1. The maximum absolute atomic E-state index is 12.3. The molecular weight excluding hydrogens is 328 g/mol. The molecule has 0 fully saturated rings. The van der Waals surface area contributed by atoms with E-state index in [0.29, 0.717) is 17.3 Å². The van der Waals surface area contributed by atoms with Gasteiger partial charge in [-0.05, 0) is 36.8 Å². The monoisotopic (exact) mass is 348 g/mol. The number of carbonyl (C=O) groups excluding carboxylic acids is 1. The summed E-state index contributed by atoms with van der Waals surface area (Å²) in [5.74, 6) is 0.955. The van der Waals surface area contributed by atoms with Gasteiger partial charge in [0.05, 0.1) is 7.11 Å². The minimum Gasteiger partial charge on any atom is -0.497 e. The van der Waals surface area contributed by atoms with Gasteiger partial charge in [0.1, 0.15) is 11.6 Å². The molecule has 1 aromatic heterocycles. The van der Waals surface area contributed by atoms with Crippen LogP contribution in [0.5, 0.6) is 5.75 Å². The number of nitrogens with zero attached hydrogens (tertiary/aromatic N) is 2. The van der Waals surface area contributed by atoms with Gasteiger partial charge >= 0.3 is 0 Å². The van der Waals surface area contributed by atoms with Crippen LogP contribution in [0.3, 0.4) is 0 Å². The molecule has 2 aromatic carbocycles. The van der Waals surface area contributed by atoms with E-state index in [9.17, 15) is 4.79 Å². The summed E-state index contributed by atoms with van der Waals surface area (Å²) in [6.07, 6.45) is 0. The van der Waals surface area contributed by atoms with Crippen LogP contribution >= 0.6 is 0 Å². The van der Waals surface area contributed by atoms with Crippen molar-refractivity contribution in [1.82, 2.24) is 10.2 Å². The molecule has 2 N–H and O–H groups in total. The predicted molar refractivity (Wildman–Crippen MR) is 101 cm³/mol.